The van der Waals surface area contributed by atoms with Crippen LogP contribution in [0.1, 0.15) is 0 Å². The van der Waals surface area contributed by atoms with Gasteiger partial charge in [-0.15, -0.1) is 0 Å². The third kappa shape index (κ3) is 4.58. The predicted octanol–water partition coefficient (Wildman–Crippen LogP) is 4.05. The molecule has 27 heavy (non-hydrogen) atoms. The molecule has 0 aliphatic heterocycles. The van der Waals surface area contributed by atoms with Gasteiger partial charge in [-0.05, 0) is 42.5 Å². The van der Waals surface area contributed by atoms with Crippen molar-refractivity contribution in [2.45, 2.75) is 0 Å². The summed E-state index contributed by atoms with van der Waals surface area (Å²) in [4.78, 5) is 10.8. The zero-order chi connectivity index (χ0) is 19.2. The molecule has 2 aromatic carbocycles. The molecule has 2 N–H and O–H groups in total. The fourth-order valence-electron chi connectivity index (χ4n) is 2.50. The molecule has 0 amide bonds. The molecule has 0 saturated heterocycles. The van der Waals surface area contributed by atoms with E-state index < -0.39 is 0 Å². The number of benzene rings is 2. The Morgan fingerprint density at radius 1 is 0.889 bits per heavy atom. The minimum atomic E-state index is 0.466. The van der Waals surface area contributed by atoms with Crippen LogP contribution in [0, 0.1) is 0 Å². The average molecular weight is 365 g/mol. The van der Waals surface area contributed by atoms with Crippen LogP contribution < -0.4 is 25.0 Å². The van der Waals surface area contributed by atoms with Crippen LogP contribution in [0.5, 0.6) is 11.5 Å². The van der Waals surface area contributed by atoms with Crippen molar-refractivity contribution in [1.29, 1.82) is 0 Å². The largest absolute Gasteiger partial charge is 0.497 e. The molecule has 7 nitrogen and oxygen atoms in total. The Morgan fingerprint density at radius 2 is 1.67 bits per heavy atom. The van der Waals surface area contributed by atoms with Crippen LogP contribution in [0.15, 0.2) is 54.7 Å². The van der Waals surface area contributed by atoms with E-state index in [1.54, 1.807) is 26.5 Å². The van der Waals surface area contributed by atoms with Crippen molar-refractivity contribution in [3.8, 4) is 11.5 Å². The lowest BCUT2D eigenvalue weighted by molar-refractivity contribution is 0.395. The molecule has 3 aromatic rings. The lowest BCUT2D eigenvalue weighted by Crippen LogP contribution is -2.08. The van der Waals surface area contributed by atoms with Gasteiger partial charge >= 0.3 is 0 Å². The molecule has 1 heterocycles. The molecule has 0 bridgehead atoms. The van der Waals surface area contributed by atoms with E-state index in [1.165, 1.54) is 0 Å². The van der Waals surface area contributed by atoms with Crippen LogP contribution in [0.4, 0.5) is 28.8 Å². The molecular formula is C20H23N5O2. The summed E-state index contributed by atoms with van der Waals surface area (Å²) >= 11 is 0. The quantitative estimate of drug-likeness (QED) is 0.654. The highest BCUT2D eigenvalue weighted by atomic mass is 16.5. The summed E-state index contributed by atoms with van der Waals surface area (Å²) in [6.45, 7) is 0. The first-order chi connectivity index (χ1) is 13.1. The number of nitrogens with one attached hydrogen (secondary N) is 2. The summed E-state index contributed by atoms with van der Waals surface area (Å²) in [5, 5.41) is 6.46. The number of methoxy groups -OCH3 is 2. The second-order valence-corrected chi connectivity index (χ2v) is 6.02. The molecule has 0 atom stereocenters. The number of aromatic nitrogens is 2. The van der Waals surface area contributed by atoms with Gasteiger partial charge in [-0.1, -0.05) is 0 Å². The first-order valence-electron chi connectivity index (χ1n) is 8.45. The fraction of sp³-hybridized carbons (Fsp3) is 0.200. The summed E-state index contributed by atoms with van der Waals surface area (Å²) in [5.41, 5.74) is 2.84. The smallest absolute Gasteiger partial charge is 0.229 e. The number of anilines is 5. The molecular weight excluding hydrogens is 342 g/mol. The number of hydrogen-bond donors (Lipinski definition) is 2. The summed E-state index contributed by atoms with van der Waals surface area (Å²) in [7, 11) is 7.25. The number of rotatable bonds is 7. The van der Waals surface area contributed by atoms with Crippen molar-refractivity contribution < 1.29 is 9.47 Å². The van der Waals surface area contributed by atoms with Crippen molar-refractivity contribution in [3.05, 3.63) is 54.7 Å². The lowest BCUT2D eigenvalue weighted by Gasteiger charge is -2.14. The maximum absolute atomic E-state index is 5.40. The molecule has 0 saturated carbocycles. The van der Waals surface area contributed by atoms with Crippen molar-refractivity contribution in [2.75, 3.05) is 43.8 Å². The molecule has 0 spiro atoms. The van der Waals surface area contributed by atoms with E-state index in [0.717, 1.165) is 22.8 Å². The van der Waals surface area contributed by atoms with Crippen LogP contribution in [0.25, 0.3) is 0 Å². The SMILES string of the molecule is COc1ccc(Nc2nccc(Nc3ccc(N(C)C)cc3)n2)c(OC)c1. The zero-order valence-electron chi connectivity index (χ0n) is 15.9. The highest BCUT2D eigenvalue weighted by Crippen LogP contribution is 2.30. The van der Waals surface area contributed by atoms with E-state index in [2.05, 4.69) is 25.5 Å². The molecule has 0 unspecified atom stereocenters. The summed E-state index contributed by atoms with van der Waals surface area (Å²) in [6, 6.07) is 15.4. The van der Waals surface area contributed by atoms with Gasteiger partial charge in [0.05, 0.1) is 19.9 Å². The third-order valence-corrected chi connectivity index (χ3v) is 3.97. The average Bonchev–Trinajstić information content (AvgIpc) is 2.69. The highest BCUT2D eigenvalue weighted by Gasteiger charge is 2.08. The Morgan fingerprint density at radius 3 is 2.33 bits per heavy atom. The van der Waals surface area contributed by atoms with Gasteiger partial charge < -0.3 is 25.0 Å². The molecule has 0 aliphatic rings. The van der Waals surface area contributed by atoms with E-state index in [-0.39, 0.29) is 0 Å². The maximum Gasteiger partial charge on any atom is 0.229 e. The van der Waals surface area contributed by atoms with Crippen LogP contribution in [0.2, 0.25) is 0 Å². The number of nitrogens with zero attached hydrogens (tertiary/aromatic N) is 3. The Bertz CT molecular complexity index is 897. The minimum Gasteiger partial charge on any atom is -0.497 e. The molecule has 1 aromatic heterocycles. The van der Waals surface area contributed by atoms with E-state index in [4.69, 9.17) is 9.47 Å². The van der Waals surface area contributed by atoms with Gasteiger partial charge in [0.25, 0.3) is 0 Å². The number of hydrogen-bond acceptors (Lipinski definition) is 7. The second kappa shape index (κ2) is 8.27. The van der Waals surface area contributed by atoms with Gasteiger partial charge in [0.15, 0.2) is 0 Å². The van der Waals surface area contributed by atoms with Gasteiger partial charge in [-0.25, -0.2) is 4.98 Å². The van der Waals surface area contributed by atoms with E-state index in [0.29, 0.717) is 17.5 Å². The first-order valence-corrected chi connectivity index (χ1v) is 8.45. The Balaban J connectivity index is 1.76. The first kappa shape index (κ1) is 18.3. The standard InChI is InChI=1S/C20H23N5O2/c1-25(2)15-7-5-14(6-8-15)22-19-11-12-21-20(24-19)23-17-10-9-16(26-3)13-18(17)27-4/h5-13H,1-4H3,(H2,21,22,23,24). The van der Waals surface area contributed by atoms with Crippen LogP contribution in [-0.2, 0) is 0 Å². The fourth-order valence-corrected chi connectivity index (χ4v) is 2.50. The van der Waals surface area contributed by atoms with E-state index >= 15 is 0 Å². The summed E-state index contributed by atoms with van der Waals surface area (Å²) < 4.78 is 10.6. The highest BCUT2D eigenvalue weighted by molar-refractivity contribution is 5.66. The Hall–Kier alpha value is -3.48. The van der Waals surface area contributed by atoms with Crippen LogP contribution in [-0.4, -0.2) is 38.3 Å². The van der Waals surface area contributed by atoms with Gasteiger partial charge in [0.2, 0.25) is 5.95 Å². The monoisotopic (exact) mass is 365 g/mol. The van der Waals surface area contributed by atoms with Gasteiger partial charge in [0, 0.05) is 37.7 Å². The maximum atomic E-state index is 5.40. The van der Waals surface area contributed by atoms with Crippen molar-refractivity contribution in [3.63, 3.8) is 0 Å². The molecule has 0 radical (unpaired) electrons. The molecule has 140 valence electrons. The topological polar surface area (TPSA) is 71.5 Å². The van der Waals surface area contributed by atoms with Crippen LogP contribution >= 0.6 is 0 Å². The van der Waals surface area contributed by atoms with Crippen LogP contribution in [0.3, 0.4) is 0 Å². The molecule has 0 fully saturated rings. The Labute approximate surface area is 159 Å². The van der Waals surface area contributed by atoms with Gasteiger partial charge in [-0.2, -0.15) is 4.98 Å². The minimum absolute atomic E-state index is 0.466. The molecule has 0 aliphatic carbocycles. The van der Waals surface area contributed by atoms with Gasteiger partial charge in [-0.3, -0.25) is 0 Å². The van der Waals surface area contributed by atoms with Crippen molar-refractivity contribution in [1.82, 2.24) is 9.97 Å². The lowest BCUT2D eigenvalue weighted by atomic mass is 10.2. The predicted molar refractivity (Wildman–Crippen MR) is 109 cm³/mol. The zero-order valence-corrected chi connectivity index (χ0v) is 15.9. The second-order valence-electron chi connectivity index (χ2n) is 6.02. The summed E-state index contributed by atoms with van der Waals surface area (Å²) in [5.74, 6) is 2.52. The Kier molecular flexibility index (Phi) is 5.61. The molecule has 7 heteroatoms. The molecule has 3 rings (SSSR count). The van der Waals surface area contributed by atoms with Crippen molar-refractivity contribution in [2.24, 2.45) is 0 Å². The normalized spacial score (nSPS) is 10.2. The number of ether oxygens (including phenoxy) is 2. The van der Waals surface area contributed by atoms with E-state index in [1.807, 2.05) is 56.6 Å². The third-order valence-electron chi connectivity index (χ3n) is 3.97. The van der Waals surface area contributed by atoms with E-state index in [9.17, 15) is 0 Å². The summed E-state index contributed by atoms with van der Waals surface area (Å²) in [6.07, 6.45) is 1.70. The van der Waals surface area contributed by atoms with Gasteiger partial charge in [0.1, 0.15) is 17.3 Å². The van der Waals surface area contributed by atoms with Crippen molar-refractivity contribution >= 4 is 28.8 Å².